The van der Waals surface area contributed by atoms with Gasteiger partial charge < -0.3 is 15.7 Å². The second kappa shape index (κ2) is 6.22. The Hall–Kier alpha value is -1.59. The molecule has 3 N–H and O–H groups in total. The van der Waals surface area contributed by atoms with Crippen LogP contribution in [0.3, 0.4) is 0 Å². The Morgan fingerprint density at radius 1 is 1.41 bits per heavy atom. The first-order valence-electron chi connectivity index (χ1n) is 5.02. The summed E-state index contributed by atoms with van der Waals surface area (Å²) in [5, 5.41) is 14.5. The Labute approximate surface area is 104 Å². The molecule has 0 spiro atoms. The fourth-order valence-electron chi connectivity index (χ4n) is 1.21. The van der Waals surface area contributed by atoms with E-state index in [1.54, 1.807) is 7.05 Å². The average molecular weight is 257 g/mol. The van der Waals surface area contributed by atoms with Crippen LogP contribution in [0.5, 0.6) is 0 Å². The molecule has 0 radical (unpaired) electrons. The SMILES string of the molecule is CNCCC(=O)Nc1cc(C(=O)O)ccc1Cl. The normalized spacial score (nSPS) is 10.0. The summed E-state index contributed by atoms with van der Waals surface area (Å²) in [4.78, 5) is 22.2. The van der Waals surface area contributed by atoms with Gasteiger partial charge in [0.1, 0.15) is 0 Å². The van der Waals surface area contributed by atoms with Crippen LogP contribution in [0.2, 0.25) is 5.02 Å². The number of anilines is 1. The van der Waals surface area contributed by atoms with Crippen LogP contribution >= 0.6 is 11.6 Å². The minimum atomic E-state index is -1.06. The molecular weight excluding hydrogens is 244 g/mol. The number of amides is 1. The lowest BCUT2D eigenvalue weighted by atomic mass is 10.2. The van der Waals surface area contributed by atoms with E-state index in [1.165, 1.54) is 18.2 Å². The van der Waals surface area contributed by atoms with Crippen LogP contribution in [-0.4, -0.2) is 30.6 Å². The van der Waals surface area contributed by atoms with E-state index in [0.717, 1.165) is 0 Å². The van der Waals surface area contributed by atoms with Gasteiger partial charge in [0.05, 0.1) is 16.3 Å². The maximum absolute atomic E-state index is 11.4. The summed E-state index contributed by atoms with van der Waals surface area (Å²) in [6.45, 7) is 0.544. The van der Waals surface area contributed by atoms with E-state index in [9.17, 15) is 9.59 Å². The second-order valence-corrected chi connectivity index (χ2v) is 3.81. The summed E-state index contributed by atoms with van der Waals surface area (Å²) < 4.78 is 0. The standard InChI is InChI=1S/C11H13ClN2O3/c1-13-5-4-10(15)14-9-6-7(11(16)17)2-3-8(9)12/h2-3,6,13H,4-5H2,1H3,(H,14,15)(H,16,17). The van der Waals surface area contributed by atoms with Gasteiger partial charge in [0.25, 0.3) is 0 Å². The molecule has 6 heteroatoms. The molecule has 0 heterocycles. The molecule has 1 aromatic carbocycles. The van der Waals surface area contributed by atoms with Crippen molar-refractivity contribution in [2.75, 3.05) is 18.9 Å². The quantitative estimate of drug-likeness (QED) is 0.748. The third kappa shape index (κ3) is 4.05. The second-order valence-electron chi connectivity index (χ2n) is 3.40. The van der Waals surface area contributed by atoms with E-state index < -0.39 is 5.97 Å². The number of carboxylic acids is 1. The molecular formula is C11H13ClN2O3. The zero-order chi connectivity index (χ0) is 12.8. The third-order valence-corrected chi connectivity index (χ3v) is 2.42. The number of halogens is 1. The van der Waals surface area contributed by atoms with Crippen LogP contribution in [-0.2, 0) is 4.79 Å². The van der Waals surface area contributed by atoms with Gasteiger partial charge >= 0.3 is 5.97 Å². The highest BCUT2D eigenvalue weighted by atomic mass is 35.5. The molecule has 0 fully saturated rings. The summed E-state index contributed by atoms with van der Waals surface area (Å²) in [7, 11) is 1.74. The van der Waals surface area contributed by atoms with Gasteiger partial charge in [-0.2, -0.15) is 0 Å². The average Bonchev–Trinajstić information content (AvgIpc) is 2.29. The first-order valence-corrected chi connectivity index (χ1v) is 5.39. The van der Waals surface area contributed by atoms with Gasteiger partial charge in [0, 0.05) is 13.0 Å². The predicted molar refractivity (Wildman–Crippen MR) is 65.6 cm³/mol. The van der Waals surface area contributed by atoms with Crippen molar-refractivity contribution in [1.29, 1.82) is 0 Å². The number of rotatable bonds is 5. The van der Waals surface area contributed by atoms with Gasteiger partial charge in [-0.15, -0.1) is 0 Å². The zero-order valence-electron chi connectivity index (χ0n) is 9.29. The van der Waals surface area contributed by atoms with Crippen molar-refractivity contribution in [2.24, 2.45) is 0 Å². The molecule has 17 heavy (non-hydrogen) atoms. The van der Waals surface area contributed by atoms with E-state index in [4.69, 9.17) is 16.7 Å². The van der Waals surface area contributed by atoms with Crippen LogP contribution in [0.15, 0.2) is 18.2 Å². The summed E-state index contributed by atoms with van der Waals surface area (Å²) in [5.74, 6) is -1.28. The molecule has 0 unspecified atom stereocenters. The Bertz CT molecular complexity index is 435. The molecule has 1 amide bonds. The topological polar surface area (TPSA) is 78.4 Å². The molecule has 1 aromatic rings. The van der Waals surface area contributed by atoms with Gasteiger partial charge in [-0.3, -0.25) is 4.79 Å². The molecule has 1 rings (SSSR count). The summed E-state index contributed by atoms with van der Waals surface area (Å²) >= 11 is 5.86. The summed E-state index contributed by atoms with van der Waals surface area (Å²) in [5.41, 5.74) is 0.394. The molecule has 92 valence electrons. The van der Waals surface area contributed by atoms with Crippen molar-refractivity contribution in [3.8, 4) is 0 Å². The molecule has 0 saturated heterocycles. The predicted octanol–water partition coefficient (Wildman–Crippen LogP) is 1.59. The Balaban J connectivity index is 2.79. The first-order chi connectivity index (χ1) is 8.04. The maximum Gasteiger partial charge on any atom is 0.335 e. The first kappa shape index (κ1) is 13.5. The van der Waals surface area contributed by atoms with Gasteiger partial charge in [0.15, 0.2) is 0 Å². The molecule has 0 atom stereocenters. The third-order valence-electron chi connectivity index (χ3n) is 2.09. The smallest absolute Gasteiger partial charge is 0.335 e. The number of carbonyl (C=O) groups is 2. The van der Waals surface area contributed by atoms with Crippen LogP contribution in [0, 0.1) is 0 Å². The number of aromatic carboxylic acids is 1. The molecule has 5 nitrogen and oxygen atoms in total. The molecule has 0 aromatic heterocycles. The molecule has 0 aliphatic rings. The lowest BCUT2D eigenvalue weighted by molar-refractivity contribution is -0.116. The molecule has 0 bridgehead atoms. The number of nitrogens with one attached hydrogen (secondary N) is 2. The molecule has 0 aliphatic carbocycles. The molecule has 0 saturated carbocycles. The van der Waals surface area contributed by atoms with E-state index >= 15 is 0 Å². The summed E-state index contributed by atoms with van der Waals surface area (Å²) in [6, 6.07) is 4.16. The number of carbonyl (C=O) groups excluding carboxylic acids is 1. The fraction of sp³-hybridized carbons (Fsp3) is 0.273. The maximum atomic E-state index is 11.4. The molecule has 0 aliphatic heterocycles. The van der Waals surface area contributed by atoms with Crippen molar-refractivity contribution >= 4 is 29.2 Å². The van der Waals surface area contributed by atoms with Crippen molar-refractivity contribution in [2.45, 2.75) is 6.42 Å². The van der Waals surface area contributed by atoms with Crippen molar-refractivity contribution in [3.05, 3.63) is 28.8 Å². The highest BCUT2D eigenvalue weighted by molar-refractivity contribution is 6.33. The van der Waals surface area contributed by atoms with Crippen molar-refractivity contribution in [1.82, 2.24) is 5.32 Å². The van der Waals surface area contributed by atoms with Gasteiger partial charge in [-0.1, -0.05) is 11.6 Å². The largest absolute Gasteiger partial charge is 0.478 e. The Morgan fingerprint density at radius 3 is 2.71 bits per heavy atom. The minimum Gasteiger partial charge on any atom is -0.478 e. The van der Waals surface area contributed by atoms with Gasteiger partial charge in [-0.05, 0) is 25.2 Å². The monoisotopic (exact) mass is 256 g/mol. The minimum absolute atomic E-state index is 0.0818. The lowest BCUT2D eigenvalue weighted by Crippen LogP contribution is -2.19. The Morgan fingerprint density at radius 2 is 2.12 bits per heavy atom. The number of carboxylic acid groups (broad SMARTS) is 1. The van der Waals surface area contributed by atoms with Crippen LogP contribution < -0.4 is 10.6 Å². The van der Waals surface area contributed by atoms with E-state index in [2.05, 4.69) is 10.6 Å². The van der Waals surface area contributed by atoms with Crippen molar-refractivity contribution in [3.63, 3.8) is 0 Å². The van der Waals surface area contributed by atoms with Crippen LogP contribution in [0.25, 0.3) is 0 Å². The van der Waals surface area contributed by atoms with Gasteiger partial charge in [-0.25, -0.2) is 4.79 Å². The number of hydrogen-bond donors (Lipinski definition) is 3. The van der Waals surface area contributed by atoms with E-state index in [-0.39, 0.29) is 11.5 Å². The number of benzene rings is 1. The van der Waals surface area contributed by atoms with Crippen LogP contribution in [0.1, 0.15) is 16.8 Å². The fourth-order valence-corrected chi connectivity index (χ4v) is 1.37. The van der Waals surface area contributed by atoms with Gasteiger partial charge in [0.2, 0.25) is 5.91 Å². The summed E-state index contributed by atoms with van der Waals surface area (Å²) in [6.07, 6.45) is 0.296. The zero-order valence-corrected chi connectivity index (χ0v) is 10.0. The highest BCUT2D eigenvalue weighted by Gasteiger charge is 2.09. The lowest BCUT2D eigenvalue weighted by Gasteiger charge is -2.07. The van der Waals surface area contributed by atoms with E-state index in [1.807, 2.05) is 0 Å². The van der Waals surface area contributed by atoms with E-state index in [0.29, 0.717) is 23.7 Å². The van der Waals surface area contributed by atoms with Crippen molar-refractivity contribution < 1.29 is 14.7 Å². The number of hydrogen-bond acceptors (Lipinski definition) is 3. The Kier molecular flexibility index (Phi) is 4.93. The highest BCUT2D eigenvalue weighted by Crippen LogP contribution is 2.23. The van der Waals surface area contributed by atoms with Crippen LogP contribution in [0.4, 0.5) is 5.69 Å².